The third-order valence-corrected chi connectivity index (χ3v) is 5.93. The first-order chi connectivity index (χ1) is 12.8. The summed E-state index contributed by atoms with van der Waals surface area (Å²) in [6.07, 6.45) is 2.50. The number of aliphatic hydroxyl groups excluding tert-OH is 1. The van der Waals surface area contributed by atoms with Gasteiger partial charge in [0.05, 0.1) is 26.1 Å². The minimum atomic E-state index is -2.11. The van der Waals surface area contributed by atoms with E-state index in [1.807, 2.05) is 0 Å². The molecule has 2 aromatic rings. The van der Waals surface area contributed by atoms with Crippen molar-refractivity contribution in [1.29, 1.82) is 0 Å². The average molecular weight is 369 g/mol. The molecule has 3 heterocycles. The van der Waals surface area contributed by atoms with Crippen molar-refractivity contribution in [2.45, 2.75) is 24.5 Å². The van der Waals surface area contributed by atoms with Gasteiger partial charge in [-0.2, -0.15) is 0 Å². The lowest BCUT2D eigenvalue weighted by atomic mass is 9.84. The summed E-state index contributed by atoms with van der Waals surface area (Å²) >= 11 is 0. The minimum Gasteiger partial charge on any atom is -0.546 e. The van der Waals surface area contributed by atoms with Crippen LogP contribution in [0, 0.1) is 5.92 Å². The van der Waals surface area contributed by atoms with Crippen molar-refractivity contribution in [2.75, 3.05) is 26.7 Å². The Morgan fingerprint density at radius 1 is 1.00 bits per heavy atom. The number of likely N-dealkylation sites (N-methyl/N-ethyl adjacent to an activating group) is 1. The summed E-state index contributed by atoms with van der Waals surface area (Å²) in [5, 5.41) is 31.2. The van der Waals surface area contributed by atoms with Crippen molar-refractivity contribution >= 4 is 5.97 Å². The fourth-order valence-electron chi connectivity index (χ4n) is 4.14. The fourth-order valence-corrected chi connectivity index (χ4v) is 4.14. The Bertz CT molecular complexity index is 715. The lowest BCUT2D eigenvalue weighted by molar-refractivity contribution is -0.928. The zero-order chi connectivity index (χ0) is 19.5. The summed E-state index contributed by atoms with van der Waals surface area (Å²) in [6, 6.07) is 16.4. The molecule has 0 spiro atoms. The number of carbonyl (C=O) groups is 1. The van der Waals surface area contributed by atoms with E-state index < -0.39 is 11.6 Å². The fraction of sp³-hybridized carbons (Fsp3) is 0.409. The van der Waals surface area contributed by atoms with Gasteiger partial charge in [-0.3, -0.25) is 0 Å². The Morgan fingerprint density at radius 3 is 1.74 bits per heavy atom. The number of carboxylic acid groups (broad SMARTS) is 1. The number of carboxylic acids is 1. The highest BCUT2D eigenvalue weighted by Crippen LogP contribution is 2.32. The van der Waals surface area contributed by atoms with Gasteiger partial charge in [0.25, 0.3) is 0 Å². The minimum absolute atomic E-state index is 0.00694. The molecule has 27 heavy (non-hydrogen) atoms. The largest absolute Gasteiger partial charge is 0.546 e. The Kier molecular flexibility index (Phi) is 5.65. The molecule has 2 aromatic carbocycles. The zero-order valence-electron chi connectivity index (χ0n) is 15.6. The maximum Gasteiger partial charge on any atom is 0.154 e. The molecule has 144 valence electrons. The summed E-state index contributed by atoms with van der Waals surface area (Å²) in [4.78, 5) is 11.3. The van der Waals surface area contributed by atoms with Crippen molar-refractivity contribution in [3.05, 3.63) is 71.8 Å². The Hall–Kier alpha value is -2.21. The molecule has 0 saturated carbocycles. The summed E-state index contributed by atoms with van der Waals surface area (Å²) in [5.74, 6) is -0.894. The van der Waals surface area contributed by atoms with Crippen LogP contribution >= 0.6 is 0 Å². The number of rotatable bonds is 3. The smallest absolute Gasteiger partial charge is 0.154 e. The van der Waals surface area contributed by atoms with E-state index in [0.717, 1.165) is 11.0 Å². The van der Waals surface area contributed by atoms with Crippen LogP contribution in [0.2, 0.25) is 0 Å². The molecule has 2 N–H and O–H groups in total. The van der Waals surface area contributed by atoms with Crippen LogP contribution in [0.3, 0.4) is 0 Å². The normalized spacial score (nSPS) is 26.8. The summed E-state index contributed by atoms with van der Waals surface area (Å²) < 4.78 is 1.12. The van der Waals surface area contributed by atoms with Gasteiger partial charge in [0, 0.05) is 18.8 Å². The van der Waals surface area contributed by atoms with Crippen LogP contribution in [-0.2, 0) is 10.4 Å². The molecule has 3 aliphatic rings. The highest BCUT2D eigenvalue weighted by molar-refractivity contribution is 5.81. The second-order valence-electron chi connectivity index (χ2n) is 7.88. The van der Waals surface area contributed by atoms with Gasteiger partial charge in [0.15, 0.2) is 5.60 Å². The first-order valence-corrected chi connectivity index (χ1v) is 9.42. The van der Waals surface area contributed by atoms with E-state index in [4.69, 9.17) is 0 Å². The quantitative estimate of drug-likeness (QED) is 0.788. The van der Waals surface area contributed by atoms with Gasteiger partial charge >= 0.3 is 0 Å². The molecule has 5 nitrogen and oxygen atoms in total. The van der Waals surface area contributed by atoms with Gasteiger partial charge in [-0.15, -0.1) is 0 Å². The summed E-state index contributed by atoms with van der Waals surface area (Å²) in [7, 11) is 2.26. The molecule has 1 atom stereocenters. The van der Waals surface area contributed by atoms with E-state index in [1.165, 1.54) is 25.9 Å². The zero-order valence-corrected chi connectivity index (χ0v) is 15.6. The average Bonchev–Trinajstić information content (AvgIpc) is 2.69. The topological polar surface area (TPSA) is 80.6 Å². The first kappa shape index (κ1) is 19.5. The molecule has 0 aromatic heterocycles. The number of carbonyl (C=O) groups excluding carboxylic acids is 1. The first-order valence-electron chi connectivity index (χ1n) is 9.42. The van der Waals surface area contributed by atoms with Gasteiger partial charge in [0.2, 0.25) is 0 Å². The highest BCUT2D eigenvalue weighted by atomic mass is 16.4. The predicted octanol–water partition coefficient (Wildman–Crippen LogP) is 0.890. The lowest BCUT2D eigenvalue weighted by Gasteiger charge is -2.48. The van der Waals surface area contributed by atoms with Crippen molar-refractivity contribution in [3.63, 3.8) is 0 Å². The number of hydrogen-bond donors (Lipinski definition) is 2. The Balaban J connectivity index is 0.000000177. The maximum absolute atomic E-state index is 11.3. The van der Waals surface area contributed by atoms with Gasteiger partial charge in [-0.1, -0.05) is 60.7 Å². The number of piperidine rings is 3. The van der Waals surface area contributed by atoms with Gasteiger partial charge in [0.1, 0.15) is 12.6 Å². The number of nitrogens with zero attached hydrogens (tertiary/aromatic N) is 1. The number of benzene rings is 2. The number of aliphatic carboxylic acids is 1. The van der Waals surface area contributed by atoms with Gasteiger partial charge in [-0.25, -0.2) is 0 Å². The van der Waals surface area contributed by atoms with E-state index in [9.17, 15) is 20.1 Å². The molecule has 0 aliphatic carbocycles. The third kappa shape index (κ3) is 4.05. The van der Waals surface area contributed by atoms with Crippen LogP contribution in [-0.4, -0.2) is 53.5 Å². The molecule has 0 radical (unpaired) electrons. The second-order valence-corrected chi connectivity index (χ2v) is 7.88. The summed E-state index contributed by atoms with van der Waals surface area (Å²) in [5.41, 5.74) is -1.54. The van der Waals surface area contributed by atoms with Gasteiger partial charge in [-0.05, 0) is 11.1 Å². The van der Waals surface area contributed by atoms with Crippen molar-refractivity contribution in [3.8, 4) is 0 Å². The van der Waals surface area contributed by atoms with Crippen molar-refractivity contribution in [2.24, 2.45) is 5.92 Å². The molecule has 1 unspecified atom stereocenters. The molecule has 0 amide bonds. The lowest BCUT2D eigenvalue weighted by Crippen LogP contribution is -2.61. The van der Waals surface area contributed by atoms with Gasteiger partial charge < -0.3 is 24.6 Å². The summed E-state index contributed by atoms with van der Waals surface area (Å²) in [6.45, 7) is 3.59. The van der Waals surface area contributed by atoms with E-state index >= 15 is 0 Å². The van der Waals surface area contributed by atoms with Crippen LogP contribution < -0.4 is 5.11 Å². The second kappa shape index (κ2) is 7.80. The number of quaternary nitrogens is 1. The van der Waals surface area contributed by atoms with Crippen LogP contribution in [0.5, 0.6) is 0 Å². The molecular weight excluding hydrogens is 342 g/mol. The molecule has 5 rings (SSSR count). The van der Waals surface area contributed by atoms with Crippen LogP contribution in [0.1, 0.15) is 24.0 Å². The SMILES string of the molecule is C[N+]12CCC(CC1)C(O)C2.O=C([O-])C(O)(c1ccccc1)c1ccccc1. The predicted molar refractivity (Wildman–Crippen MR) is 100 cm³/mol. The standard InChI is InChI=1S/C14H12O3.C8H16NO/c15-13(16)14(17,11-7-3-1-4-8-11)12-9-5-2-6-10-12;1-9-4-2-7(3-5-9)8(10)6-9/h1-10,17H,(H,15,16);7-8,10H,2-6H2,1H3/q;+1/p-1. The number of aliphatic hydroxyl groups is 2. The molecule has 3 fully saturated rings. The van der Waals surface area contributed by atoms with Crippen LogP contribution in [0.4, 0.5) is 0 Å². The Labute approximate surface area is 160 Å². The molecular formula is C22H27NO4. The maximum atomic E-state index is 11.3. The van der Waals surface area contributed by atoms with E-state index in [1.54, 1.807) is 60.7 Å². The van der Waals surface area contributed by atoms with E-state index in [-0.39, 0.29) is 17.2 Å². The monoisotopic (exact) mass is 369 g/mol. The van der Waals surface area contributed by atoms with Crippen molar-refractivity contribution < 1.29 is 24.6 Å². The molecule has 2 bridgehead atoms. The molecule has 3 aliphatic heterocycles. The highest BCUT2D eigenvalue weighted by Gasteiger charge is 2.42. The number of fused-ring (bicyclic) bond motifs is 3. The molecule has 5 heteroatoms. The van der Waals surface area contributed by atoms with Crippen molar-refractivity contribution in [1.82, 2.24) is 0 Å². The third-order valence-electron chi connectivity index (χ3n) is 5.93. The van der Waals surface area contributed by atoms with Crippen LogP contribution in [0.25, 0.3) is 0 Å². The number of hydrogen-bond acceptors (Lipinski definition) is 4. The van der Waals surface area contributed by atoms with E-state index in [0.29, 0.717) is 5.92 Å². The van der Waals surface area contributed by atoms with E-state index in [2.05, 4.69) is 7.05 Å². The Morgan fingerprint density at radius 2 is 1.44 bits per heavy atom. The van der Waals surface area contributed by atoms with Crippen LogP contribution in [0.15, 0.2) is 60.7 Å². The molecule has 3 saturated heterocycles.